The van der Waals surface area contributed by atoms with Crippen LogP contribution in [0.2, 0.25) is 0 Å². The highest BCUT2D eigenvalue weighted by Crippen LogP contribution is 2.35. The van der Waals surface area contributed by atoms with Crippen molar-refractivity contribution in [3.8, 4) is 16.9 Å². The lowest BCUT2D eigenvalue weighted by Gasteiger charge is -2.08. The van der Waals surface area contributed by atoms with Crippen LogP contribution in [0.15, 0.2) is 77.0 Å². The van der Waals surface area contributed by atoms with E-state index in [9.17, 15) is 4.79 Å². The lowest BCUT2D eigenvalue weighted by Crippen LogP contribution is -2.01. The molecule has 3 aromatic carbocycles. The van der Waals surface area contributed by atoms with Crippen LogP contribution in [0.3, 0.4) is 0 Å². The SMILES string of the molecule is CC(=O)Oc1ccc(C)cc1N=Nc1ccccc1-c1ccccc1I. The lowest BCUT2D eigenvalue weighted by atomic mass is 10.0. The summed E-state index contributed by atoms with van der Waals surface area (Å²) in [6, 6.07) is 21.4. The van der Waals surface area contributed by atoms with Crippen molar-refractivity contribution >= 4 is 39.9 Å². The van der Waals surface area contributed by atoms with Gasteiger partial charge in [0.05, 0.1) is 5.69 Å². The summed E-state index contributed by atoms with van der Waals surface area (Å²) in [6.45, 7) is 3.32. The van der Waals surface area contributed by atoms with E-state index in [4.69, 9.17) is 4.74 Å². The van der Waals surface area contributed by atoms with E-state index >= 15 is 0 Å². The molecule has 0 spiro atoms. The van der Waals surface area contributed by atoms with E-state index in [0.717, 1.165) is 25.9 Å². The molecular weight excluding hydrogens is 439 g/mol. The first kappa shape index (κ1) is 18.3. The van der Waals surface area contributed by atoms with Gasteiger partial charge in [-0.25, -0.2) is 0 Å². The number of halogens is 1. The molecule has 0 aromatic heterocycles. The van der Waals surface area contributed by atoms with Gasteiger partial charge in [0.15, 0.2) is 5.75 Å². The predicted molar refractivity (Wildman–Crippen MR) is 111 cm³/mol. The highest BCUT2D eigenvalue weighted by atomic mass is 127. The number of aryl methyl sites for hydroxylation is 1. The normalized spacial score (nSPS) is 10.9. The minimum Gasteiger partial charge on any atom is -0.424 e. The maximum atomic E-state index is 11.3. The Kier molecular flexibility index (Phi) is 5.78. The van der Waals surface area contributed by atoms with E-state index in [2.05, 4.69) is 45.0 Å². The number of nitrogens with zero attached hydrogens (tertiary/aromatic N) is 2. The molecule has 0 radical (unpaired) electrons. The van der Waals surface area contributed by atoms with Gasteiger partial charge >= 0.3 is 5.97 Å². The molecule has 0 aliphatic rings. The van der Waals surface area contributed by atoms with Crippen molar-refractivity contribution < 1.29 is 9.53 Å². The number of carbonyl (C=O) groups excluding carboxylic acids is 1. The Morgan fingerprint density at radius 3 is 2.27 bits per heavy atom. The van der Waals surface area contributed by atoms with Crippen LogP contribution in [0.1, 0.15) is 12.5 Å². The molecule has 0 bridgehead atoms. The molecule has 4 nitrogen and oxygen atoms in total. The van der Waals surface area contributed by atoms with Gasteiger partial charge in [-0.1, -0.05) is 42.5 Å². The third-order valence-corrected chi connectivity index (χ3v) is 4.64. The molecule has 0 saturated carbocycles. The van der Waals surface area contributed by atoms with E-state index in [-0.39, 0.29) is 5.97 Å². The summed E-state index contributed by atoms with van der Waals surface area (Å²) in [5.41, 5.74) is 4.40. The molecule has 0 aliphatic heterocycles. The zero-order valence-corrected chi connectivity index (χ0v) is 16.6. The number of benzene rings is 3. The topological polar surface area (TPSA) is 51.0 Å². The largest absolute Gasteiger partial charge is 0.424 e. The van der Waals surface area contributed by atoms with Gasteiger partial charge in [-0.15, -0.1) is 10.2 Å². The molecular formula is C21H17IN2O2. The highest BCUT2D eigenvalue weighted by Gasteiger charge is 2.09. The standard InChI is InChI=1S/C21H17IN2O2/c1-14-11-12-21(26-15(2)25)20(13-14)24-23-19-10-6-4-8-17(19)16-7-3-5-9-18(16)22/h3-13H,1-2H3. The Hall–Kier alpha value is -2.54. The van der Waals surface area contributed by atoms with E-state index in [1.54, 1.807) is 6.07 Å². The van der Waals surface area contributed by atoms with Gasteiger partial charge in [0.2, 0.25) is 0 Å². The minimum atomic E-state index is -0.385. The number of azo groups is 1. The molecule has 3 aromatic rings. The average molecular weight is 456 g/mol. The maximum Gasteiger partial charge on any atom is 0.308 e. The Morgan fingerprint density at radius 1 is 0.885 bits per heavy atom. The lowest BCUT2D eigenvalue weighted by molar-refractivity contribution is -0.131. The molecule has 0 saturated heterocycles. The average Bonchev–Trinajstić information content (AvgIpc) is 2.62. The summed E-state index contributed by atoms with van der Waals surface area (Å²) in [5, 5.41) is 8.78. The molecule has 0 fully saturated rings. The molecule has 0 heterocycles. The monoisotopic (exact) mass is 456 g/mol. The number of carbonyl (C=O) groups is 1. The van der Waals surface area contributed by atoms with Crippen LogP contribution < -0.4 is 4.74 Å². The zero-order valence-electron chi connectivity index (χ0n) is 14.4. The van der Waals surface area contributed by atoms with Gasteiger partial charge in [-0.2, -0.15) is 0 Å². The van der Waals surface area contributed by atoms with Crippen LogP contribution in [0.4, 0.5) is 11.4 Å². The van der Waals surface area contributed by atoms with E-state index in [1.807, 2.05) is 55.5 Å². The number of hydrogen-bond donors (Lipinski definition) is 0. The van der Waals surface area contributed by atoms with Crippen LogP contribution >= 0.6 is 22.6 Å². The zero-order chi connectivity index (χ0) is 18.5. The second-order valence-electron chi connectivity index (χ2n) is 5.76. The van der Waals surface area contributed by atoms with Crippen LogP contribution in [-0.4, -0.2) is 5.97 Å². The molecule has 26 heavy (non-hydrogen) atoms. The Morgan fingerprint density at radius 2 is 1.54 bits per heavy atom. The Labute approximate surface area is 166 Å². The van der Waals surface area contributed by atoms with E-state index in [1.165, 1.54) is 6.92 Å². The molecule has 0 amide bonds. The summed E-state index contributed by atoms with van der Waals surface area (Å²) >= 11 is 2.31. The fourth-order valence-electron chi connectivity index (χ4n) is 2.52. The third kappa shape index (κ3) is 4.35. The first-order valence-electron chi connectivity index (χ1n) is 8.09. The van der Waals surface area contributed by atoms with Crippen molar-refractivity contribution in [1.29, 1.82) is 0 Å². The second-order valence-corrected chi connectivity index (χ2v) is 6.92. The summed E-state index contributed by atoms with van der Waals surface area (Å²) < 4.78 is 6.37. The first-order valence-corrected chi connectivity index (χ1v) is 9.17. The van der Waals surface area contributed by atoms with Crippen molar-refractivity contribution in [3.63, 3.8) is 0 Å². The second kappa shape index (κ2) is 8.23. The predicted octanol–water partition coefficient (Wildman–Crippen LogP) is 6.61. The van der Waals surface area contributed by atoms with Gasteiger partial charge in [-0.05, 0) is 64.9 Å². The Bertz CT molecular complexity index is 983. The van der Waals surface area contributed by atoms with Crippen molar-refractivity contribution in [3.05, 3.63) is 75.9 Å². The smallest absolute Gasteiger partial charge is 0.308 e. The summed E-state index contributed by atoms with van der Waals surface area (Å²) in [7, 11) is 0. The van der Waals surface area contributed by atoms with Gasteiger partial charge in [0.25, 0.3) is 0 Å². The number of esters is 1. The van der Waals surface area contributed by atoms with Gasteiger partial charge < -0.3 is 4.74 Å². The van der Waals surface area contributed by atoms with Crippen molar-refractivity contribution in [2.75, 3.05) is 0 Å². The van der Waals surface area contributed by atoms with Crippen LogP contribution in [0.25, 0.3) is 11.1 Å². The third-order valence-electron chi connectivity index (χ3n) is 3.70. The molecule has 3 rings (SSSR count). The summed E-state index contributed by atoms with van der Waals surface area (Å²) in [6.07, 6.45) is 0. The van der Waals surface area contributed by atoms with Gasteiger partial charge in [0.1, 0.15) is 5.69 Å². The summed E-state index contributed by atoms with van der Waals surface area (Å²) in [5.74, 6) is 0.0168. The first-order chi connectivity index (χ1) is 12.5. The van der Waals surface area contributed by atoms with Crippen molar-refractivity contribution in [1.82, 2.24) is 0 Å². The van der Waals surface area contributed by atoms with Crippen molar-refractivity contribution in [2.24, 2.45) is 10.2 Å². The van der Waals surface area contributed by atoms with Crippen molar-refractivity contribution in [2.45, 2.75) is 13.8 Å². The quantitative estimate of drug-likeness (QED) is 0.192. The Balaban J connectivity index is 2.02. The van der Waals surface area contributed by atoms with Gasteiger partial charge in [-0.3, -0.25) is 4.79 Å². The highest BCUT2D eigenvalue weighted by molar-refractivity contribution is 14.1. The van der Waals surface area contributed by atoms with Crippen LogP contribution in [0.5, 0.6) is 5.75 Å². The van der Waals surface area contributed by atoms with Gasteiger partial charge in [0, 0.05) is 16.1 Å². The molecule has 0 aliphatic carbocycles. The molecule has 130 valence electrons. The number of ether oxygens (including phenoxy) is 1. The molecule has 0 atom stereocenters. The fraction of sp³-hybridized carbons (Fsp3) is 0.0952. The molecule has 5 heteroatoms. The molecule has 0 unspecified atom stereocenters. The number of hydrogen-bond acceptors (Lipinski definition) is 4. The summed E-state index contributed by atoms with van der Waals surface area (Å²) in [4.78, 5) is 11.3. The van der Waals surface area contributed by atoms with Crippen LogP contribution in [-0.2, 0) is 4.79 Å². The fourth-order valence-corrected chi connectivity index (χ4v) is 3.20. The van der Waals surface area contributed by atoms with E-state index in [0.29, 0.717) is 11.4 Å². The minimum absolute atomic E-state index is 0.385. The van der Waals surface area contributed by atoms with Crippen LogP contribution in [0, 0.1) is 10.5 Å². The van der Waals surface area contributed by atoms with E-state index < -0.39 is 0 Å². The maximum absolute atomic E-state index is 11.3. The number of rotatable bonds is 4. The molecule has 0 N–H and O–H groups in total.